The zero-order valence-corrected chi connectivity index (χ0v) is 20.8. The smallest absolute Gasteiger partial charge is 0.410 e. The number of likely N-dealkylation sites (N-methyl/N-ethyl adjacent to an activating group) is 1. The molecule has 0 heterocycles. The van der Waals surface area contributed by atoms with E-state index in [2.05, 4.69) is 29.6 Å². The van der Waals surface area contributed by atoms with E-state index in [0.717, 1.165) is 22.3 Å². The summed E-state index contributed by atoms with van der Waals surface area (Å²) < 4.78 is 10.5. The average Bonchev–Trinajstić information content (AvgIpc) is 3.13. The van der Waals surface area contributed by atoms with Crippen LogP contribution in [0.1, 0.15) is 51.2 Å². The minimum absolute atomic E-state index is 0.0691. The lowest BCUT2D eigenvalue weighted by molar-refractivity contribution is -0.150. The van der Waals surface area contributed by atoms with E-state index >= 15 is 0 Å². The van der Waals surface area contributed by atoms with Crippen molar-refractivity contribution in [2.45, 2.75) is 51.6 Å². The second-order valence-corrected chi connectivity index (χ2v) is 9.67. The van der Waals surface area contributed by atoms with Crippen LogP contribution in [-0.2, 0) is 19.1 Å². The SMILES string of the molecule is COC(=O)C(C)(C)NC(=O)[C@H](CC(C)C)N(C)C(=O)OCC1c2ccccc2-c2ccccc21. The molecule has 1 atom stereocenters. The Morgan fingerprint density at radius 3 is 2.03 bits per heavy atom. The molecule has 2 aromatic carbocycles. The number of nitrogens with one attached hydrogen (secondary N) is 1. The number of hydrogen-bond acceptors (Lipinski definition) is 5. The van der Waals surface area contributed by atoms with Crippen LogP contribution in [0.4, 0.5) is 4.79 Å². The fourth-order valence-electron chi connectivity index (χ4n) is 4.41. The van der Waals surface area contributed by atoms with Crippen LogP contribution in [0.2, 0.25) is 0 Å². The number of rotatable bonds is 8. The third-order valence-corrected chi connectivity index (χ3v) is 6.22. The van der Waals surface area contributed by atoms with E-state index in [1.807, 2.05) is 38.1 Å². The molecule has 0 aromatic heterocycles. The third kappa shape index (κ3) is 5.24. The Bertz CT molecular complexity index is 1020. The number of carbonyl (C=O) groups is 3. The molecule has 0 saturated carbocycles. The Morgan fingerprint density at radius 1 is 1.00 bits per heavy atom. The van der Waals surface area contributed by atoms with Gasteiger partial charge in [-0.15, -0.1) is 0 Å². The van der Waals surface area contributed by atoms with E-state index in [1.54, 1.807) is 20.9 Å². The summed E-state index contributed by atoms with van der Waals surface area (Å²) in [4.78, 5) is 39.5. The fraction of sp³-hybridized carbons (Fsp3) is 0.444. The zero-order chi connectivity index (χ0) is 25.0. The number of amides is 2. The Labute approximate surface area is 201 Å². The molecule has 7 nitrogen and oxygen atoms in total. The predicted molar refractivity (Wildman–Crippen MR) is 130 cm³/mol. The molecule has 0 aliphatic heterocycles. The van der Waals surface area contributed by atoms with E-state index in [-0.39, 0.29) is 18.4 Å². The molecule has 182 valence electrons. The van der Waals surface area contributed by atoms with Crippen molar-refractivity contribution in [1.82, 2.24) is 10.2 Å². The van der Waals surface area contributed by atoms with Gasteiger partial charge in [0.05, 0.1) is 7.11 Å². The molecule has 1 N–H and O–H groups in total. The van der Waals surface area contributed by atoms with Gasteiger partial charge >= 0.3 is 12.1 Å². The Hall–Kier alpha value is -3.35. The Balaban J connectivity index is 1.74. The van der Waals surface area contributed by atoms with E-state index in [1.165, 1.54) is 12.0 Å². The van der Waals surface area contributed by atoms with Gasteiger partial charge in [-0.05, 0) is 48.4 Å². The quantitative estimate of drug-likeness (QED) is 0.585. The van der Waals surface area contributed by atoms with Crippen molar-refractivity contribution in [3.63, 3.8) is 0 Å². The van der Waals surface area contributed by atoms with Crippen molar-refractivity contribution >= 4 is 18.0 Å². The molecule has 2 amide bonds. The maximum atomic E-state index is 13.1. The van der Waals surface area contributed by atoms with Gasteiger partial charge in [0, 0.05) is 13.0 Å². The van der Waals surface area contributed by atoms with Crippen molar-refractivity contribution in [2.75, 3.05) is 20.8 Å². The first-order valence-corrected chi connectivity index (χ1v) is 11.5. The summed E-state index contributed by atoms with van der Waals surface area (Å²) >= 11 is 0. The van der Waals surface area contributed by atoms with Gasteiger partial charge < -0.3 is 14.8 Å². The topological polar surface area (TPSA) is 84.9 Å². The normalized spacial score (nSPS) is 13.6. The van der Waals surface area contributed by atoms with Crippen LogP contribution in [0.15, 0.2) is 48.5 Å². The molecular formula is C27H34N2O5. The molecule has 1 aliphatic carbocycles. The van der Waals surface area contributed by atoms with Crippen molar-refractivity contribution in [1.29, 1.82) is 0 Å². The highest BCUT2D eigenvalue weighted by atomic mass is 16.6. The molecule has 0 bridgehead atoms. The summed E-state index contributed by atoms with van der Waals surface area (Å²) in [6.45, 7) is 7.24. The minimum Gasteiger partial charge on any atom is -0.467 e. The van der Waals surface area contributed by atoms with Crippen LogP contribution in [0.25, 0.3) is 11.1 Å². The van der Waals surface area contributed by atoms with Gasteiger partial charge in [0.15, 0.2) is 0 Å². The first-order valence-electron chi connectivity index (χ1n) is 11.5. The second kappa shape index (κ2) is 10.3. The lowest BCUT2D eigenvalue weighted by atomic mass is 9.98. The lowest BCUT2D eigenvalue weighted by Gasteiger charge is -2.31. The van der Waals surface area contributed by atoms with Gasteiger partial charge in [-0.1, -0.05) is 62.4 Å². The average molecular weight is 467 g/mol. The Kier molecular flexibility index (Phi) is 7.64. The maximum Gasteiger partial charge on any atom is 0.410 e. The van der Waals surface area contributed by atoms with Gasteiger partial charge in [-0.2, -0.15) is 0 Å². The molecule has 34 heavy (non-hydrogen) atoms. The Morgan fingerprint density at radius 2 is 1.53 bits per heavy atom. The third-order valence-electron chi connectivity index (χ3n) is 6.22. The van der Waals surface area contributed by atoms with E-state index < -0.39 is 29.6 Å². The number of fused-ring (bicyclic) bond motifs is 3. The van der Waals surface area contributed by atoms with Gasteiger partial charge in [-0.25, -0.2) is 9.59 Å². The number of methoxy groups -OCH3 is 1. The van der Waals surface area contributed by atoms with Crippen molar-refractivity contribution in [3.8, 4) is 11.1 Å². The second-order valence-electron chi connectivity index (χ2n) is 9.67. The summed E-state index contributed by atoms with van der Waals surface area (Å²) in [6, 6.07) is 15.5. The van der Waals surface area contributed by atoms with E-state index in [4.69, 9.17) is 9.47 Å². The summed E-state index contributed by atoms with van der Waals surface area (Å²) in [5.41, 5.74) is 3.32. The highest BCUT2D eigenvalue weighted by Crippen LogP contribution is 2.44. The number of esters is 1. The minimum atomic E-state index is -1.22. The summed E-state index contributed by atoms with van der Waals surface area (Å²) in [5.74, 6) is -0.922. The molecule has 0 saturated heterocycles. The molecule has 0 spiro atoms. The van der Waals surface area contributed by atoms with Crippen LogP contribution in [0.3, 0.4) is 0 Å². The standard InChI is InChI=1S/C27H34N2O5/c1-17(2)15-23(24(30)28-27(3,4)25(31)33-6)29(5)26(32)34-16-22-20-13-9-7-11-18(20)19-12-8-10-14-21(19)22/h7-14,17,22-23H,15-16H2,1-6H3,(H,28,30)/t23-/m0/s1. The van der Waals surface area contributed by atoms with Gasteiger partial charge in [-0.3, -0.25) is 9.69 Å². The summed E-state index contributed by atoms with van der Waals surface area (Å²) in [7, 11) is 2.82. The molecular weight excluding hydrogens is 432 g/mol. The molecule has 7 heteroatoms. The van der Waals surface area contributed by atoms with Crippen molar-refractivity contribution in [3.05, 3.63) is 59.7 Å². The molecule has 0 unspecified atom stereocenters. The number of carbonyl (C=O) groups excluding carboxylic acids is 3. The number of benzene rings is 2. The number of hydrogen-bond donors (Lipinski definition) is 1. The van der Waals surface area contributed by atoms with Crippen LogP contribution in [0, 0.1) is 5.92 Å². The number of ether oxygens (including phenoxy) is 2. The van der Waals surface area contributed by atoms with Gasteiger partial charge in [0.1, 0.15) is 18.2 Å². The van der Waals surface area contributed by atoms with E-state index in [9.17, 15) is 14.4 Å². The van der Waals surface area contributed by atoms with Crippen LogP contribution < -0.4 is 5.32 Å². The van der Waals surface area contributed by atoms with Crippen molar-refractivity contribution in [2.24, 2.45) is 5.92 Å². The highest BCUT2D eigenvalue weighted by molar-refractivity contribution is 5.91. The highest BCUT2D eigenvalue weighted by Gasteiger charge is 2.37. The van der Waals surface area contributed by atoms with Crippen LogP contribution in [0.5, 0.6) is 0 Å². The molecule has 3 rings (SSSR count). The molecule has 2 aromatic rings. The van der Waals surface area contributed by atoms with Crippen LogP contribution >= 0.6 is 0 Å². The molecule has 1 aliphatic rings. The summed E-state index contributed by atoms with van der Waals surface area (Å²) in [6.07, 6.45) is -0.164. The summed E-state index contributed by atoms with van der Waals surface area (Å²) in [5, 5.41) is 2.71. The molecule has 0 fully saturated rings. The lowest BCUT2D eigenvalue weighted by Crippen LogP contribution is -2.57. The monoisotopic (exact) mass is 466 g/mol. The predicted octanol–water partition coefficient (Wildman–Crippen LogP) is 4.35. The first-order chi connectivity index (χ1) is 16.1. The maximum absolute atomic E-state index is 13.1. The van der Waals surface area contributed by atoms with Gasteiger partial charge in [0.25, 0.3) is 0 Å². The zero-order valence-electron chi connectivity index (χ0n) is 20.8. The van der Waals surface area contributed by atoms with Crippen LogP contribution in [-0.4, -0.2) is 55.2 Å². The number of nitrogens with zero attached hydrogens (tertiary/aromatic N) is 1. The first kappa shape index (κ1) is 25.3. The molecule has 0 radical (unpaired) electrons. The van der Waals surface area contributed by atoms with Gasteiger partial charge in [0.2, 0.25) is 5.91 Å². The van der Waals surface area contributed by atoms with Crippen molar-refractivity contribution < 1.29 is 23.9 Å². The fourth-order valence-corrected chi connectivity index (χ4v) is 4.41. The van der Waals surface area contributed by atoms with E-state index in [0.29, 0.717) is 6.42 Å². The largest absolute Gasteiger partial charge is 0.467 e.